The standard InChI is InChI=1S/C15H14N2O2/c16-15(18)7-6-12-3-1-5-14(9-12)19-11-13-4-2-8-17-10-13/h1-10H,11H2,(H2,16,18)/b7-6+. The topological polar surface area (TPSA) is 65.2 Å². The number of primary amides is 1. The zero-order valence-corrected chi connectivity index (χ0v) is 10.3. The summed E-state index contributed by atoms with van der Waals surface area (Å²) in [5, 5.41) is 0. The summed E-state index contributed by atoms with van der Waals surface area (Å²) in [6, 6.07) is 11.2. The van der Waals surface area contributed by atoms with Crippen LogP contribution >= 0.6 is 0 Å². The number of hydrogen-bond donors (Lipinski definition) is 1. The summed E-state index contributed by atoms with van der Waals surface area (Å²) >= 11 is 0. The van der Waals surface area contributed by atoms with Crippen LogP contribution in [0.3, 0.4) is 0 Å². The Morgan fingerprint density at radius 2 is 2.21 bits per heavy atom. The third-order valence-electron chi connectivity index (χ3n) is 2.43. The van der Waals surface area contributed by atoms with Gasteiger partial charge in [0.15, 0.2) is 0 Å². The van der Waals surface area contributed by atoms with E-state index >= 15 is 0 Å². The lowest BCUT2D eigenvalue weighted by Crippen LogP contribution is -2.05. The minimum atomic E-state index is -0.471. The van der Waals surface area contributed by atoms with Crippen molar-refractivity contribution in [3.8, 4) is 5.75 Å². The quantitative estimate of drug-likeness (QED) is 0.831. The number of benzene rings is 1. The molecule has 0 atom stereocenters. The molecule has 1 aromatic heterocycles. The molecule has 96 valence electrons. The molecule has 0 bridgehead atoms. The number of rotatable bonds is 5. The highest BCUT2D eigenvalue weighted by molar-refractivity contribution is 5.90. The third kappa shape index (κ3) is 4.27. The molecule has 0 saturated carbocycles. The van der Waals surface area contributed by atoms with Gasteiger partial charge in [-0.1, -0.05) is 18.2 Å². The summed E-state index contributed by atoms with van der Waals surface area (Å²) in [5.74, 6) is 0.261. The van der Waals surface area contributed by atoms with Crippen molar-refractivity contribution in [2.45, 2.75) is 6.61 Å². The van der Waals surface area contributed by atoms with E-state index < -0.39 is 5.91 Å². The maximum atomic E-state index is 10.7. The second-order valence-electron chi connectivity index (χ2n) is 3.96. The lowest BCUT2D eigenvalue weighted by atomic mass is 10.2. The van der Waals surface area contributed by atoms with Crippen LogP contribution in [0.5, 0.6) is 5.75 Å². The maximum Gasteiger partial charge on any atom is 0.241 e. The van der Waals surface area contributed by atoms with E-state index in [1.807, 2.05) is 36.4 Å². The fourth-order valence-electron chi connectivity index (χ4n) is 1.54. The van der Waals surface area contributed by atoms with Gasteiger partial charge in [0.2, 0.25) is 5.91 Å². The molecule has 0 fully saturated rings. The van der Waals surface area contributed by atoms with Gasteiger partial charge in [-0.2, -0.15) is 0 Å². The van der Waals surface area contributed by atoms with Gasteiger partial charge in [-0.3, -0.25) is 9.78 Å². The average Bonchev–Trinajstić information content (AvgIpc) is 2.44. The first-order chi connectivity index (χ1) is 9.24. The van der Waals surface area contributed by atoms with E-state index in [2.05, 4.69) is 4.98 Å². The number of nitrogens with two attached hydrogens (primary N) is 1. The van der Waals surface area contributed by atoms with Crippen LogP contribution in [0.1, 0.15) is 11.1 Å². The highest BCUT2D eigenvalue weighted by Gasteiger charge is 1.97. The highest BCUT2D eigenvalue weighted by atomic mass is 16.5. The first-order valence-corrected chi connectivity index (χ1v) is 5.83. The average molecular weight is 254 g/mol. The van der Waals surface area contributed by atoms with E-state index in [4.69, 9.17) is 10.5 Å². The number of pyridine rings is 1. The molecule has 2 aromatic rings. The lowest BCUT2D eigenvalue weighted by Gasteiger charge is -2.06. The monoisotopic (exact) mass is 254 g/mol. The van der Waals surface area contributed by atoms with Crippen molar-refractivity contribution >= 4 is 12.0 Å². The van der Waals surface area contributed by atoms with E-state index in [1.54, 1.807) is 18.5 Å². The van der Waals surface area contributed by atoms with Gasteiger partial charge in [-0.15, -0.1) is 0 Å². The number of amides is 1. The Morgan fingerprint density at radius 3 is 2.95 bits per heavy atom. The molecular formula is C15H14N2O2. The summed E-state index contributed by atoms with van der Waals surface area (Å²) in [7, 11) is 0. The molecule has 19 heavy (non-hydrogen) atoms. The van der Waals surface area contributed by atoms with Crippen molar-refractivity contribution in [3.05, 3.63) is 66.0 Å². The van der Waals surface area contributed by atoms with Gasteiger partial charge in [-0.25, -0.2) is 0 Å². The third-order valence-corrected chi connectivity index (χ3v) is 2.43. The molecule has 1 amide bonds. The molecule has 1 heterocycles. The molecule has 0 aliphatic rings. The number of nitrogens with zero attached hydrogens (tertiary/aromatic N) is 1. The smallest absolute Gasteiger partial charge is 0.241 e. The molecule has 0 aliphatic heterocycles. The van der Waals surface area contributed by atoms with E-state index in [0.717, 1.165) is 16.9 Å². The molecule has 2 N–H and O–H groups in total. The maximum absolute atomic E-state index is 10.7. The van der Waals surface area contributed by atoms with Gasteiger partial charge in [0.05, 0.1) is 0 Å². The second kappa shape index (κ2) is 6.35. The van der Waals surface area contributed by atoms with Crippen LogP contribution in [-0.2, 0) is 11.4 Å². The molecule has 0 spiro atoms. The minimum absolute atomic E-state index is 0.455. The molecule has 0 saturated heterocycles. The summed E-state index contributed by atoms with van der Waals surface area (Å²) in [5.41, 5.74) is 6.91. The molecule has 2 rings (SSSR count). The summed E-state index contributed by atoms with van der Waals surface area (Å²) in [6.45, 7) is 0.455. The molecule has 4 nitrogen and oxygen atoms in total. The van der Waals surface area contributed by atoms with Gasteiger partial charge >= 0.3 is 0 Å². The number of carbonyl (C=O) groups excluding carboxylic acids is 1. The SMILES string of the molecule is NC(=O)/C=C/c1cccc(OCc2cccnc2)c1. The first-order valence-electron chi connectivity index (χ1n) is 5.83. The summed E-state index contributed by atoms with van der Waals surface area (Å²) < 4.78 is 5.65. The Balaban J connectivity index is 2.01. The minimum Gasteiger partial charge on any atom is -0.489 e. The lowest BCUT2D eigenvalue weighted by molar-refractivity contribution is -0.113. The van der Waals surface area contributed by atoms with Crippen LogP contribution in [0.15, 0.2) is 54.9 Å². The van der Waals surface area contributed by atoms with Crippen molar-refractivity contribution in [2.24, 2.45) is 5.73 Å². The Hall–Kier alpha value is -2.62. The molecule has 0 unspecified atom stereocenters. The molecule has 1 aromatic carbocycles. The van der Waals surface area contributed by atoms with Crippen LogP contribution < -0.4 is 10.5 Å². The zero-order valence-electron chi connectivity index (χ0n) is 10.3. The second-order valence-corrected chi connectivity index (χ2v) is 3.96. The van der Waals surface area contributed by atoms with Crippen molar-refractivity contribution in [3.63, 3.8) is 0 Å². The number of hydrogen-bond acceptors (Lipinski definition) is 3. The van der Waals surface area contributed by atoms with Gasteiger partial charge in [0, 0.05) is 24.0 Å². The van der Waals surface area contributed by atoms with Gasteiger partial charge in [-0.05, 0) is 29.8 Å². The number of carbonyl (C=O) groups is 1. The summed E-state index contributed by atoms with van der Waals surface area (Å²) in [6.07, 6.45) is 6.45. The van der Waals surface area contributed by atoms with Crippen molar-refractivity contribution in [1.82, 2.24) is 4.98 Å². The van der Waals surface area contributed by atoms with Crippen LogP contribution in [-0.4, -0.2) is 10.9 Å². The Bertz CT molecular complexity index is 580. The Labute approximate surface area is 111 Å². The predicted octanol–water partition coefficient (Wildman–Crippen LogP) is 2.16. The van der Waals surface area contributed by atoms with Crippen molar-refractivity contribution in [1.29, 1.82) is 0 Å². The normalized spacial score (nSPS) is 10.5. The number of ether oxygens (including phenoxy) is 1. The van der Waals surface area contributed by atoms with E-state index in [0.29, 0.717) is 6.61 Å². The molecule has 4 heteroatoms. The van der Waals surface area contributed by atoms with Gasteiger partial charge in [0.1, 0.15) is 12.4 Å². The first kappa shape index (κ1) is 12.8. The largest absolute Gasteiger partial charge is 0.489 e. The Morgan fingerprint density at radius 1 is 1.32 bits per heavy atom. The summed E-state index contributed by atoms with van der Waals surface area (Å²) in [4.78, 5) is 14.7. The fourth-order valence-corrected chi connectivity index (χ4v) is 1.54. The number of aromatic nitrogens is 1. The predicted molar refractivity (Wildman–Crippen MR) is 73.2 cm³/mol. The van der Waals surface area contributed by atoms with Crippen molar-refractivity contribution < 1.29 is 9.53 Å². The molecular weight excluding hydrogens is 240 g/mol. The van der Waals surface area contributed by atoms with Crippen LogP contribution in [0.2, 0.25) is 0 Å². The van der Waals surface area contributed by atoms with Crippen LogP contribution in [0.25, 0.3) is 6.08 Å². The van der Waals surface area contributed by atoms with Crippen LogP contribution in [0, 0.1) is 0 Å². The van der Waals surface area contributed by atoms with E-state index in [-0.39, 0.29) is 0 Å². The van der Waals surface area contributed by atoms with Gasteiger partial charge < -0.3 is 10.5 Å². The van der Waals surface area contributed by atoms with E-state index in [9.17, 15) is 4.79 Å². The van der Waals surface area contributed by atoms with Crippen LogP contribution in [0.4, 0.5) is 0 Å². The van der Waals surface area contributed by atoms with E-state index in [1.165, 1.54) is 6.08 Å². The van der Waals surface area contributed by atoms with Crippen molar-refractivity contribution in [2.75, 3.05) is 0 Å². The zero-order chi connectivity index (χ0) is 13.5. The Kier molecular flexibility index (Phi) is 4.29. The fraction of sp³-hybridized carbons (Fsp3) is 0.0667. The highest BCUT2D eigenvalue weighted by Crippen LogP contribution is 2.15. The molecule has 0 aliphatic carbocycles. The molecule has 0 radical (unpaired) electrons. The van der Waals surface area contributed by atoms with Gasteiger partial charge in [0.25, 0.3) is 0 Å².